The van der Waals surface area contributed by atoms with Crippen molar-refractivity contribution in [2.75, 3.05) is 19.4 Å². The Kier molecular flexibility index (Phi) is 7.04. The molecule has 1 amide bonds. The van der Waals surface area contributed by atoms with Crippen LogP contribution >= 0.6 is 27.7 Å². The van der Waals surface area contributed by atoms with Gasteiger partial charge >= 0.3 is 5.97 Å². The fourth-order valence-corrected chi connectivity index (χ4v) is 2.71. The Morgan fingerprint density at radius 1 is 1.50 bits per heavy atom. The number of thioether (sulfide) groups is 1. The first kappa shape index (κ1) is 17.0. The van der Waals surface area contributed by atoms with E-state index in [9.17, 15) is 14.7 Å². The lowest BCUT2D eigenvalue weighted by atomic mass is 10.2. The highest BCUT2D eigenvalue weighted by Crippen LogP contribution is 2.24. The highest BCUT2D eigenvalue weighted by molar-refractivity contribution is 9.10. The number of aliphatic hydroxyl groups excluding tert-OH is 1. The van der Waals surface area contributed by atoms with Crippen LogP contribution in [-0.4, -0.2) is 42.5 Å². The fraction of sp³-hybridized carbons (Fsp3) is 0.385. The molecule has 1 unspecified atom stereocenters. The Bertz CT molecular complexity index is 495. The molecule has 0 aliphatic carbocycles. The van der Waals surface area contributed by atoms with Gasteiger partial charge in [0.2, 0.25) is 5.91 Å². The lowest BCUT2D eigenvalue weighted by Crippen LogP contribution is -2.37. The van der Waals surface area contributed by atoms with Crippen molar-refractivity contribution in [2.24, 2.45) is 0 Å². The van der Waals surface area contributed by atoms with Crippen molar-refractivity contribution in [1.82, 2.24) is 5.32 Å². The van der Waals surface area contributed by atoms with E-state index in [4.69, 9.17) is 0 Å². The molecule has 0 fully saturated rings. The van der Waals surface area contributed by atoms with Crippen molar-refractivity contribution in [3.8, 4) is 0 Å². The lowest BCUT2D eigenvalue weighted by molar-refractivity contribution is -0.150. The third-order valence-electron chi connectivity index (χ3n) is 2.46. The van der Waals surface area contributed by atoms with Crippen LogP contribution in [0.2, 0.25) is 0 Å². The summed E-state index contributed by atoms with van der Waals surface area (Å²) >= 11 is 4.78. The summed E-state index contributed by atoms with van der Waals surface area (Å²) in [6.07, 6.45) is -1.33. The molecule has 0 spiro atoms. The number of carbonyl (C=O) groups excluding carboxylic acids is 2. The smallest absolute Gasteiger partial charge is 0.336 e. The molecule has 20 heavy (non-hydrogen) atoms. The number of halogens is 1. The van der Waals surface area contributed by atoms with Gasteiger partial charge in [-0.15, -0.1) is 11.8 Å². The van der Waals surface area contributed by atoms with Crippen LogP contribution in [0.5, 0.6) is 0 Å². The Hall–Kier alpha value is -1.05. The summed E-state index contributed by atoms with van der Waals surface area (Å²) in [5.41, 5.74) is 1.08. The number of ether oxygens (including phenoxy) is 1. The van der Waals surface area contributed by atoms with Crippen LogP contribution in [0.15, 0.2) is 27.6 Å². The van der Waals surface area contributed by atoms with Crippen LogP contribution in [0.1, 0.15) is 5.56 Å². The molecule has 0 saturated carbocycles. The predicted molar refractivity (Wildman–Crippen MR) is 80.6 cm³/mol. The molecule has 1 aromatic carbocycles. The van der Waals surface area contributed by atoms with Crippen LogP contribution in [0.4, 0.5) is 0 Å². The van der Waals surface area contributed by atoms with Gasteiger partial charge in [0.25, 0.3) is 0 Å². The van der Waals surface area contributed by atoms with E-state index in [0.717, 1.165) is 14.9 Å². The lowest BCUT2D eigenvalue weighted by Gasteiger charge is -2.10. The second-order valence-corrected chi connectivity index (χ2v) is 5.97. The molecular weight excluding hydrogens is 346 g/mol. The minimum atomic E-state index is -1.33. The maximum Gasteiger partial charge on any atom is 0.336 e. The summed E-state index contributed by atoms with van der Waals surface area (Å²) in [5.74, 6) is -0.793. The summed E-state index contributed by atoms with van der Waals surface area (Å²) in [6, 6.07) is 5.82. The average molecular weight is 362 g/mol. The summed E-state index contributed by atoms with van der Waals surface area (Å²) < 4.78 is 5.34. The summed E-state index contributed by atoms with van der Waals surface area (Å²) in [4.78, 5) is 23.6. The highest BCUT2D eigenvalue weighted by Gasteiger charge is 2.16. The van der Waals surface area contributed by atoms with Gasteiger partial charge in [-0.25, -0.2) is 4.79 Å². The van der Waals surface area contributed by atoms with Gasteiger partial charge in [0, 0.05) is 9.37 Å². The summed E-state index contributed by atoms with van der Waals surface area (Å²) in [7, 11) is 1.18. The van der Waals surface area contributed by atoms with E-state index < -0.39 is 12.1 Å². The zero-order chi connectivity index (χ0) is 15.1. The van der Waals surface area contributed by atoms with Crippen molar-refractivity contribution in [2.45, 2.75) is 17.9 Å². The van der Waals surface area contributed by atoms with Crippen molar-refractivity contribution in [1.29, 1.82) is 0 Å². The highest BCUT2D eigenvalue weighted by atomic mass is 79.9. The molecule has 0 bridgehead atoms. The molecule has 2 N–H and O–H groups in total. The van der Waals surface area contributed by atoms with E-state index in [-0.39, 0.29) is 18.2 Å². The molecule has 0 aliphatic rings. The minimum absolute atomic E-state index is 0.147. The number of benzene rings is 1. The molecule has 0 aromatic heterocycles. The molecular formula is C13H16BrNO4S. The Morgan fingerprint density at radius 3 is 2.80 bits per heavy atom. The largest absolute Gasteiger partial charge is 0.467 e. The second-order valence-electron chi connectivity index (χ2n) is 4.04. The van der Waals surface area contributed by atoms with Crippen LogP contribution in [-0.2, 0) is 14.3 Å². The molecule has 0 saturated heterocycles. The standard InChI is InChI=1S/C13H16BrNO4S/c1-8-5-9(14)3-4-11(8)20-7-12(17)15-6-10(16)13(18)19-2/h3-5,10,16H,6-7H2,1-2H3,(H,15,17). The number of hydrogen-bond acceptors (Lipinski definition) is 5. The summed E-state index contributed by atoms with van der Waals surface area (Å²) in [6.45, 7) is 1.82. The SMILES string of the molecule is COC(=O)C(O)CNC(=O)CSc1ccc(Br)cc1C. The third-order valence-corrected chi connectivity index (χ3v) is 4.13. The van der Waals surface area contributed by atoms with E-state index in [2.05, 4.69) is 26.0 Å². The van der Waals surface area contributed by atoms with Crippen molar-refractivity contribution in [3.05, 3.63) is 28.2 Å². The van der Waals surface area contributed by atoms with Crippen LogP contribution in [0.25, 0.3) is 0 Å². The van der Waals surface area contributed by atoms with E-state index in [1.807, 2.05) is 25.1 Å². The van der Waals surface area contributed by atoms with Gasteiger partial charge in [0.15, 0.2) is 6.10 Å². The van der Waals surface area contributed by atoms with E-state index in [1.54, 1.807) is 0 Å². The van der Waals surface area contributed by atoms with Crippen molar-refractivity contribution in [3.63, 3.8) is 0 Å². The fourth-order valence-electron chi connectivity index (χ4n) is 1.40. The molecule has 1 aromatic rings. The quantitative estimate of drug-likeness (QED) is 0.593. The monoisotopic (exact) mass is 361 g/mol. The van der Waals surface area contributed by atoms with Gasteiger partial charge in [-0.05, 0) is 30.7 Å². The van der Waals surface area contributed by atoms with E-state index >= 15 is 0 Å². The van der Waals surface area contributed by atoms with Gasteiger partial charge in [-0.1, -0.05) is 15.9 Å². The van der Waals surface area contributed by atoms with Gasteiger partial charge in [-0.3, -0.25) is 4.79 Å². The summed E-state index contributed by atoms with van der Waals surface area (Å²) in [5, 5.41) is 11.8. The van der Waals surface area contributed by atoms with Gasteiger partial charge in [0.05, 0.1) is 19.4 Å². The Morgan fingerprint density at radius 2 is 2.20 bits per heavy atom. The van der Waals surface area contributed by atoms with Crippen molar-refractivity contribution >= 4 is 39.6 Å². The number of carbonyl (C=O) groups is 2. The number of hydrogen-bond donors (Lipinski definition) is 2. The number of nitrogens with one attached hydrogen (secondary N) is 1. The van der Waals surface area contributed by atoms with E-state index in [1.165, 1.54) is 18.9 Å². The molecule has 1 rings (SSSR count). The zero-order valence-electron chi connectivity index (χ0n) is 11.2. The first-order valence-electron chi connectivity index (χ1n) is 5.85. The molecule has 0 aliphatic heterocycles. The van der Waals surface area contributed by atoms with Gasteiger partial charge < -0.3 is 15.2 Å². The van der Waals surface area contributed by atoms with Crippen LogP contribution in [0.3, 0.4) is 0 Å². The number of aliphatic hydroxyl groups is 1. The minimum Gasteiger partial charge on any atom is -0.467 e. The third kappa shape index (κ3) is 5.52. The molecule has 1 atom stereocenters. The van der Waals surface area contributed by atoms with E-state index in [0.29, 0.717) is 0 Å². The predicted octanol–water partition coefficient (Wildman–Crippen LogP) is 1.50. The van der Waals surface area contributed by atoms with Gasteiger partial charge in [-0.2, -0.15) is 0 Å². The Labute approximate surface area is 130 Å². The maximum atomic E-state index is 11.6. The number of rotatable bonds is 6. The number of aryl methyl sites for hydroxylation is 1. The first-order valence-corrected chi connectivity index (χ1v) is 7.63. The van der Waals surface area contributed by atoms with Crippen molar-refractivity contribution < 1.29 is 19.4 Å². The number of methoxy groups -OCH3 is 1. The van der Waals surface area contributed by atoms with Gasteiger partial charge in [0.1, 0.15) is 0 Å². The topological polar surface area (TPSA) is 75.6 Å². The second kappa shape index (κ2) is 8.28. The Balaban J connectivity index is 2.38. The maximum absolute atomic E-state index is 11.6. The zero-order valence-corrected chi connectivity index (χ0v) is 13.6. The molecule has 0 radical (unpaired) electrons. The average Bonchev–Trinajstić information content (AvgIpc) is 2.42. The number of amides is 1. The van der Waals surface area contributed by atoms with Crippen LogP contribution in [0, 0.1) is 6.92 Å². The van der Waals surface area contributed by atoms with Crippen LogP contribution < -0.4 is 5.32 Å². The molecule has 110 valence electrons. The molecule has 7 heteroatoms. The first-order chi connectivity index (χ1) is 9.43. The normalized spacial score (nSPS) is 11.8. The molecule has 5 nitrogen and oxygen atoms in total. The molecule has 0 heterocycles. The number of esters is 1.